The zero-order chi connectivity index (χ0) is 18.4. The van der Waals surface area contributed by atoms with Gasteiger partial charge in [0.25, 0.3) is 0 Å². The number of aliphatic hydroxyl groups excluding tert-OH is 1. The molecule has 134 valence electrons. The highest BCUT2D eigenvalue weighted by Crippen LogP contribution is 2.22. The summed E-state index contributed by atoms with van der Waals surface area (Å²) in [7, 11) is 0. The van der Waals surface area contributed by atoms with Crippen molar-refractivity contribution in [3.8, 4) is 0 Å². The maximum absolute atomic E-state index is 12.7. The summed E-state index contributed by atoms with van der Waals surface area (Å²) in [6.45, 7) is -0.992. The van der Waals surface area contributed by atoms with E-state index >= 15 is 0 Å². The van der Waals surface area contributed by atoms with Crippen LogP contribution in [0.4, 0.5) is 23.7 Å². The minimum absolute atomic E-state index is 0.108. The van der Waals surface area contributed by atoms with Crippen LogP contribution in [-0.4, -0.2) is 34.9 Å². The number of para-hydroxylation sites is 1. The van der Waals surface area contributed by atoms with Crippen molar-refractivity contribution < 1.29 is 23.1 Å². The van der Waals surface area contributed by atoms with Gasteiger partial charge in [0.2, 0.25) is 0 Å². The second kappa shape index (κ2) is 8.22. The normalized spacial score (nSPS) is 12.5. The van der Waals surface area contributed by atoms with Crippen LogP contribution in [0.1, 0.15) is 5.56 Å². The standard InChI is InChI=1S/C17H16ClF3N2O2/c18-13-8-6-12(7-9-13)10-23(11-15(24)17(19,20)21)16(25)22-14-4-2-1-3-5-14/h1-9,15,24H,10-11H2,(H,22,25)/t15-/m1/s1. The number of nitrogens with one attached hydrogen (secondary N) is 1. The molecular weight excluding hydrogens is 357 g/mol. The molecule has 0 saturated carbocycles. The maximum Gasteiger partial charge on any atom is 0.416 e. The number of carbonyl (C=O) groups is 1. The molecule has 0 aliphatic carbocycles. The second-order valence-electron chi connectivity index (χ2n) is 5.36. The van der Waals surface area contributed by atoms with E-state index in [-0.39, 0.29) is 6.54 Å². The third kappa shape index (κ3) is 5.95. The smallest absolute Gasteiger partial charge is 0.382 e. The van der Waals surface area contributed by atoms with Gasteiger partial charge < -0.3 is 15.3 Å². The molecule has 2 rings (SSSR count). The number of nitrogens with zero attached hydrogens (tertiary/aromatic N) is 1. The summed E-state index contributed by atoms with van der Waals surface area (Å²) in [5.41, 5.74) is 1.03. The van der Waals surface area contributed by atoms with Crippen molar-refractivity contribution in [2.75, 3.05) is 11.9 Å². The summed E-state index contributed by atoms with van der Waals surface area (Å²) < 4.78 is 38.0. The Morgan fingerprint density at radius 2 is 1.72 bits per heavy atom. The molecule has 0 aliphatic heterocycles. The predicted octanol–water partition coefficient (Wildman–Crippen LogP) is 4.30. The first-order chi connectivity index (χ1) is 11.8. The third-order valence-electron chi connectivity index (χ3n) is 3.37. The minimum atomic E-state index is -4.81. The van der Waals surface area contributed by atoms with E-state index in [9.17, 15) is 23.1 Å². The average molecular weight is 373 g/mol. The van der Waals surface area contributed by atoms with Crippen LogP contribution in [-0.2, 0) is 6.54 Å². The van der Waals surface area contributed by atoms with Gasteiger partial charge in [0, 0.05) is 17.3 Å². The zero-order valence-electron chi connectivity index (χ0n) is 13.0. The number of benzene rings is 2. The molecule has 0 spiro atoms. The number of amides is 2. The van der Waals surface area contributed by atoms with E-state index in [1.165, 1.54) is 0 Å². The van der Waals surface area contributed by atoms with Gasteiger partial charge in [-0.25, -0.2) is 4.79 Å². The van der Waals surface area contributed by atoms with Gasteiger partial charge in [-0.3, -0.25) is 0 Å². The van der Waals surface area contributed by atoms with E-state index in [2.05, 4.69) is 5.32 Å². The minimum Gasteiger partial charge on any atom is -0.382 e. The van der Waals surface area contributed by atoms with Crippen LogP contribution in [0.15, 0.2) is 54.6 Å². The summed E-state index contributed by atoms with van der Waals surface area (Å²) in [5.74, 6) is 0. The lowest BCUT2D eigenvalue weighted by atomic mass is 10.2. The van der Waals surface area contributed by atoms with Gasteiger partial charge in [-0.05, 0) is 29.8 Å². The van der Waals surface area contributed by atoms with Crippen molar-refractivity contribution in [3.63, 3.8) is 0 Å². The van der Waals surface area contributed by atoms with Gasteiger partial charge in [-0.15, -0.1) is 0 Å². The first-order valence-electron chi connectivity index (χ1n) is 7.36. The number of alkyl halides is 3. The van der Waals surface area contributed by atoms with Crippen LogP contribution in [0.2, 0.25) is 5.02 Å². The fourth-order valence-corrected chi connectivity index (χ4v) is 2.19. The molecule has 4 nitrogen and oxygen atoms in total. The van der Waals surface area contributed by atoms with Crippen molar-refractivity contribution in [1.29, 1.82) is 0 Å². The molecular formula is C17H16ClF3N2O2. The molecule has 0 radical (unpaired) electrons. The number of halogens is 4. The Bertz CT molecular complexity index is 693. The predicted molar refractivity (Wildman–Crippen MR) is 89.4 cm³/mol. The number of carbonyl (C=O) groups excluding carboxylic acids is 1. The molecule has 0 fully saturated rings. The molecule has 0 unspecified atom stereocenters. The monoisotopic (exact) mass is 372 g/mol. The molecule has 2 amide bonds. The highest BCUT2D eigenvalue weighted by molar-refractivity contribution is 6.30. The van der Waals surface area contributed by atoms with Crippen molar-refractivity contribution in [1.82, 2.24) is 4.90 Å². The first kappa shape index (κ1) is 19.1. The molecule has 2 N–H and O–H groups in total. The molecule has 25 heavy (non-hydrogen) atoms. The Balaban J connectivity index is 2.15. The number of anilines is 1. The summed E-state index contributed by atoms with van der Waals surface area (Å²) in [6, 6.07) is 13.9. The van der Waals surface area contributed by atoms with Crippen LogP contribution < -0.4 is 5.32 Å². The molecule has 0 bridgehead atoms. The number of hydrogen-bond acceptors (Lipinski definition) is 2. The molecule has 0 heterocycles. The van der Waals surface area contributed by atoms with E-state index in [4.69, 9.17) is 11.6 Å². The van der Waals surface area contributed by atoms with Gasteiger partial charge in [0.15, 0.2) is 6.10 Å². The molecule has 2 aromatic carbocycles. The van der Waals surface area contributed by atoms with Crippen LogP contribution in [0.3, 0.4) is 0 Å². The van der Waals surface area contributed by atoms with Crippen LogP contribution in [0.5, 0.6) is 0 Å². The summed E-state index contributed by atoms with van der Waals surface area (Å²) >= 11 is 5.78. The topological polar surface area (TPSA) is 52.6 Å². The quantitative estimate of drug-likeness (QED) is 0.822. The molecule has 8 heteroatoms. The molecule has 0 saturated heterocycles. The second-order valence-corrected chi connectivity index (χ2v) is 5.80. The number of aliphatic hydroxyl groups is 1. The van der Waals surface area contributed by atoms with Crippen LogP contribution in [0, 0.1) is 0 Å². The van der Waals surface area contributed by atoms with Crippen molar-refractivity contribution >= 4 is 23.3 Å². The van der Waals surface area contributed by atoms with Gasteiger partial charge in [0.1, 0.15) is 0 Å². The number of hydrogen-bond donors (Lipinski definition) is 2. The number of urea groups is 1. The third-order valence-corrected chi connectivity index (χ3v) is 3.62. The Labute approximate surface area is 147 Å². The molecule has 0 aliphatic rings. The summed E-state index contributed by atoms with van der Waals surface area (Å²) in [4.78, 5) is 13.3. The lowest BCUT2D eigenvalue weighted by Gasteiger charge is -2.26. The fraction of sp³-hybridized carbons (Fsp3) is 0.235. The highest BCUT2D eigenvalue weighted by atomic mass is 35.5. The van der Waals surface area contributed by atoms with E-state index in [0.29, 0.717) is 16.3 Å². The van der Waals surface area contributed by atoms with E-state index in [0.717, 1.165) is 4.90 Å². The Morgan fingerprint density at radius 1 is 1.12 bits per heavy atom. The van der Waals surface area contributed by atoms with E-state index in [1.807, 2.05) is 0 Å². The highest BCUT2D eigenvalue weighted by Gasteiger charge is 2.40. The maximum atomic E-state index is 12.7. The Morgan fingerprint density at radius 3 is 2.28 bits per heavy atom. The average Bonchev–Trinajstić information content (AvgIpc) is 2.56. The fourth-order valence-electron chi connectivity index (χ4n) is 2.07. The zero-order valence-corrected chi connectivity index (χ0v) is 13.8. The van der Waals surface area contributed by atoms with Gasteiger partial charge in [-0.2, -0.15) is 13.2 Å². The van der Waals surface area contributed by atoms with Crippen LogP contribution in [0.25, 0.3) is 0 Å². The lowest BCUT2D eigenvalue weighted by molar-refractivity contribution is -0.206. The SMILES string of the molecule is O=C(Nc1ccccc1)N(Cc1ccc(Cl)cc1)C[C@@H](O)C(F)(F)F. The molecule has 2 aromatic rings. The van der Waals surface area contributed by atoms with Crippen molar-refractivity contribution in [3.05, 3.63) is 65.2 Å². The van der Waals surface area contributed by atoms with E-state index in [1.54, 1.807) is 54.6 Å². The Kier molecular flexibility index (Phi) is 6.27. The first-order valence-corrected chi connectivity index (χ1v) is 7.73. The molecule has 0 aromatic heterocycles. The Hall–Kier alpha value is -2.25. The summed E-state index contributed by atoms with van der Waals surface area (Å²) in [6.07, 6.45) is -7.45. The largest absolute Gasteiger partial charge is 0.416 e. The van der Waals surface area contributed by atoms with Crippen molar-refractivity contribution in [2.24, 2.45) is 0 Å². The number of rotatable bonds is 5. The van der Waals surface area contributed by atoms with Gasteiger partial charge >= 0.3 is 12.2 Å². The van der Waals surface area contributed by atoms with Crippen molar-refractivity contribution in [2.45, 2.75) is 18.8 Å². The van der Waals surface area contributed by atoms with Crippen LogP contribution >= 0.6 is 11.6 Å². The van der Waals surface area contributed by atoms with Gasteiger partial charge in [-0.1, -0.05) is 41.9 Å². The summed E-state index contributed by atoms with van der Waals surface area (Å²) in [5, 5.41) is 12.3. The lowest BCUT2D eigenvalue weighted by Crippen LogP contribution is -2.45. The van der Waals surface area contributed by atoms with Gasteiger partial charge in [0.05, 0.1) is 6.54 Å². The van der Waals surface area contributed by atoms with E-state index < -0.39 is 24.9 Å². The molecule has 1 atom stereocenters.